The van der Waals surface area contributed by atoms with Gasteiger partial charge in [0.05, 0.1) is 6.04 Å². The fourth-order valence-electron chi connectivity index (χ4n) is 1.65. The third-order valence-corrected chi connectivity index (χ3v) is 2.87. The highest BCUT2D eigenvalue weighted by atomic mass is 35.6. The predicted octanol–water partition coefficient (Wildman–Crippen LogP) is 0.0474. The number of carbonyl (C=O) groups excluding carboxylic acids is 2. The average Bonchev–Trinajstić information content (AvgIpc) is 2.34. The fourth-order valence-corrected chi connectivity index (χ4v) is 1.81. The third kappa shape index (κ3) is 5.71. The molecule has 1 fully saturated rings. The highest BCUT2D eigenvalue weighted by molar-refractivity contribution is 6.67. The number of nitrogens with two attached hydrogens (primary N) is 1. The van der Waals surface area contributed by atoms with Gasteiger partial charge in [-0.05, 0) is 6.92 Å². The van der Waals surface area contributed by atoms with E-state index in [0.717, 1.165) is 0 Å². The Morgan fingerprint density at radius 2 is 2.16 bits per heavy atom. The lowest BCUT2D eigenvalue weighted by Crippen LogP contribution is -2.58. The number of amides is 1. The van der Waals surface area contributed by atoms with Crippen LogP contribution in [0, 0.1) is 0 Å². The number of piperazine rings is 1. The van der Waals surface area contributed by atoms with Gasteiger partial charge in [-0.1, -0.05) is 34.8 Å². The number of rotatable bonds is 3. The largest absolute Gasteiger partial charge is 0.460 e. The monoisotopic (exact) mass is 331 g/mol. The molecule has 1 saturated heterocycles. The SMILES string of the molecule is C[C@H](N)C(=O)N1CCN[C@H](C(=O)OCC(Cl)(Cl)Cl)C1. The topological polar surface area (TPSA) is 84.7 Å². The van der Waals surface area contributed by atoms with E-state index in [-0.39, 0.29) is 19.1 Å². The summed E-state index contributed by atoms with van der Waals surface area (Å²) >= 11 is 16.5. The highest BCUT2D eigenvalue weighted by Crippen LogP contribution is 2.26. The van der Waals surface area contributed by atoms with Gasteiger partial charge in [-0.3, -0.25) is 9.59 Å². The number of carbonyl (C=O) groups is 2. The standard InChI is InChI=1S/C10H16Cl3N3O3/c1-6(14)8(17)16-3-2-15-7(4-16)9(18)19-5-10(11,12)13/h6-7,15H,2-5,14H2,1H3/t6-,7-/m0/s1. The summed E-state index contributed by atoms with van der Waals surface area (Å²) in [5.41, 5.74) is 5.52. The van der Waals surface area contributed by atoms with Gasteiger partial charge in [-0.15, -0.1) is 0 Å². The number of nitrogens with zero attached hydrogens (tertiary/aromatic N) is 1. The molecule has 1 heterocycles. The fraction of sp³-hybridized carbons (Fsp3) is 0.800. The van der Waals surface area contributed by atoms with Crippen LogP contribution in [-0.2, 0) is 14.3 Å². The maximum Gasteiger partial charge on any atom is 0.325 e. The lowest BCUT2D eigenvalue weighted by molar-refractivity contribution is -0.148. The summed E-state index contributed by atoms with van der Waals surface area (Å²) in [5.74, 6) is -0.769. The molecule has 0 radical (unpaired) electrons. The number of nitrogens with one attached hydrogen (secondary N) is 1. The van der Waals surface area contributed by atoms with Gasteiger partial charge in [-0.2, -0.15) is 0 Å². The van der Waals surface area contributed by atoms with Crippen LogP contribution >= 0.6 is 34.8 Å². The Morgan fingerprint density at radius 1 is 1.53 bits per heavy atom. The summed E-state index contributed by atoms with van der Waals surface area (Å²) < 4.78 is 3.22. The van der Waals surface area contributed by atoms with E-state index in [1.165, 1.54) is 4.90 Å². The molecular formula is C10H16Cl3N3O3. The van der Waals surface area contributed by atoms with Crippen molar-refractivity contribution in [3.63, 3.8) is 0 Å². The Morgan fingerprint density at radius 3 is 2.68 bits per heavy atom. The minimum Gasteiger partial charge on any atom is -0.460 e. The summed E-state index contributed by atoms with van der Waals surface area (Å²) in [4.78, 5) is 25.0. The quantitative estimate of drug-likeness (QED) is 0.563. The van der Waals surface area contributed by atoms with Crippen LogP contribution in [0.15, 0.2) is 0 Å². The van der Waals surface area contributed by atoms with Gasteiger partial charge in [-0.25, -0.2) is 0 Å². The van der Waals surface area contributed by atoms with Crippen molar-refractivity contribution in [3.8, 4) is 0 Å². The molecule has 0 aromatic rings. The van der Waals surface area contributed by atoms with Crippen LogP contribution in [0.3, 0.4) is 0 Å². The summed E-state index contributed by atoms with van der Waals surface area (Å²) in [6, 6.07) is -1.24. The van der Waals surface area contributed by atoms with Crippen LogP contribution in [0.1, 0.15) is 6.92 Å². The van der Waals surface area contributed by atoms with E-state index >= 15 is 0 Å². The molecule has 6 nitrogen and oxygen atoms in total. The van der Waals surface area contributed by atoms with E-state index in [2.05, 4.69) is 5.32 Å². The number of alkyl halides is 3. The van der Waals surface area contributed by atoms with Crippen molar-refractivity contribution in [1.82, 2.24) is 10.2 Å². The first kappa shape index (κ1) is 16.8. The molecule has 1 aliphatic rings. The molecule has 0 aromatic carbocycles. The van der Waals surface area contributed by atoms with Crippen LogP contribution in [0.2, 0.25) is 0 Å². The average molecular weight is 333 g/mol. The minimum absolute atomic E-state index is 0.194. The molecule has 19 heavy (non-hydrogen) atoms. The molecule has 0 spiro atoms. The van der Waals surface area contributed by atoms with Gasteiger partial charge < -0.3 is 20.7 Å². The Kier molecular flexibility index (Phi) is 6.14. The van der Waals surface area contributed by atoms with Crippen molar-refractivity contribution in [1.29, 1.82) is 0 Å². The van der Waals surface area contributed by atoms with E-state index in [1.807, 2.05) is 0 Å². The van der Waals surface area contributed by atoms with Crippen LogP contribution in [0.25, 0.3) is 0 Å². The second-order valence-corrected chi connectivity index (χ2v) is 6.82. The van der Waals surface area contributed by atoms with Crippen molar-refractivity contribution in [2.45, 2.75) is 22.8 Å². The van der Waals surface area contributed by atoms with E-state index in [4.69, 9.17) is 45.3 Å². The summed E-state index contributed by atoms with van der Waals surface area (Å²) in [7, 11) is 0. The second-order valence-electron chi connectivity index (χ2n) is 4.30. The summed E-state index contributed by atoms with van der Waals surface area (Å²) in [5, 5.41) is 2.94. The number of esters is 1. The second kappa shape index (κ2) is 6.95. The lowest BCUT2D eigenvalue weighted by atomic mass is 10.2. The molecule has 3 N–H and O–H groups in total. The Labute approximate surface area is 126 Å². The van der Waals surface area contributed by atoms with Gasteiger partial charge in [0.25, 0.3) is 0 Å². The first-order valence-electron chi connectivity index (χ1n) is 5.72. The predicted molar refractivity (Wildman–Crippen MR) is 73.3 cm³/mol. The van der Waals surface area contributed by atoms with Crippen molar-refractivity contribution >= 4 is 46.7 Å². The lowest BCUT2D eigenvalue weighted by Gasteiger charge is -2.33. The van der Waals surface area contributed by atoms with Crippen molar-refractivity contribution in [3.05, 3.63) is 0 Å². The molecule has 0 saturated carbocycles. The van der Waals surface area contributed by atoms with Crippen LogP contribution in [0.5, 0.6) is 0 Å². The van der Waals surface area contributed by atoms with Crippen molar-refractivity contribution < 1.29 is 14.3 Å². The van der Waals surface area contributed by atoms with Crippen molar-refractivity contribution in [2.75, 3.05) is 26.2 Å². The van der Waals surface area contributed by atoms with E-state index < -0.39 is 21.8 Å². The Balaban J connectivity index is 2.50. The number of hydrogen-bond donors (Lipinski definition) is 2. The zero-order valence-electron chi connectivity index (χ0n) is 10.4. The Hall–Kier alpha value is -0.270. The van der Waals surface area contributed by atoms with Gasteiger partial charge in [0.15, 0.2) is 0 Å². The van der Waals surface area contributed by atoms with E-state index in [9.17, 15) is 9.59 Å². The first-order valence-corrected chi connectivity index (χ1v) is 6.85. The Bertz CT molecular complexity index is 347. The minimum atomic E-state index is -1.65. The summed E-state index contributed by atoms with van der Waals surface area (Å²) in [6.07, 6.45) is 0. The smallest absolute Gasteiger partial charge is 0.325 e. The molecule has 0 unspecified atom stereocenters. The van der Waals surface area contributed by atoms with E-state index in [0.29, 0.717) is 13.1 Å². The normalized spacial score (nSPS) is 21.9. The van der Waals surface area contributed by atoms with Gasteiger partial charge in [0, 0.05) is 19.6 Å². The molecule has 0 aliphatic carbocycles. The number of halogens is 3. The summed E-state index contributed by atoms with van der Waals surface area (Å²) in [6.45, 7) is 2.43. The molecule has 1 aliphatic heterocycles. The maximum atomic E-state index is 11.8. The van der Waals surface area contributed by atoms with Crippen molar-refractivity contribution in [2.24, 2.45) is 5.73 Å². The molecule has 1 rings (SSSR count). The molecule has 0 bridgehead atoms. The molecule has 110 valence electrons. The molecule has 1 amide bonds. The number of ether oxygens (including phenoxy) is 1. The van der Waals surface area contributed by atoms with Gasteiger partial charge >= 0.3 is 5.97 Å². The third-order valence-electron chi connectivity index (χ3n) is 2.54. The van der Waals surface area contributed by atoms with Gasteiger partial charge in [0.2, 0.25) is 9.70 Å². The molecule has 0 aromatic heterocycles. The van der Waals surface area contributed by atoms with Crippen LogP contribution in [-0.4, -0.2) is 58.9 Å². The van der Waals surface area contributed by atoms with Gasteiger partial charge in [0.1, 0.15) is 12.6 Å². The molecule has 9 heteroatoms. The first-order chi connectivity index (χ1) is 8.70. The zero-order valence-corrected chi connectivity index (χ0v) is 12.6. The highest BCUT2D eigenvalue weighted by Gasteiger charge is 2.31. The zero-order chi connectivity index (χ0) is 14.6. The number of hydrogen-bond acceptors (Lipinski definition) is 5. The molecule has 2 atom stereocenters. The maximum absolute atomic E-state index is 11.8. The molecular weight excluding hydrogens is 316 g/mol. The van der Waals surface area contributed by atoms with Crippen LogP contribution in [0.4, 0.5) is 0 Å². The van der Waals surface area contributed by atoms with E-state index in [1.54, 1.807) is 6.92 Å². The van der Waals surface area contributed by atoms with Crippen LogP contribution < -0.4 is 11.1 Å².